The Morgan fingerprint density at radius 3 is 3.24 bits per heavy atom. The second kappa shape index (κ2) is 5.61. The van der Waals surface area contributed by atoms with Crippen molar-refractivity contribution in [1.82, 2.24) is 20.1 Å². The molecule has 0 saturated carbocycles. The minimum Gasteiger partial charge on any atom is -0.349 e. The maximum atomic E-state index is 11.7. The van der Waals surface area contributed by atoms with Crippen LogP contribution < -0.4 is 5.32 Å². The second-order valence-corrected chi connectivity index (χ2v) is 4.28. The molecular weight excluding hydrogens is 216 g/mol. The summed E-state index contributed by atoms with van der Waals surface area (Å²) in [5.41, 5.74) is 0. The normalized spacial score (nSPS) is 18.5. The summed E-state index contributed by atoms with van der Waals surface area (Å²) >= 11 is 0. The van der Waals surface area contributed by atoms with E-state index < -0.39 is 0 Å². The Balaban J connectivity index is 1.77. The van der Waals surface area contributed by atoms with Crippen LogP contribution in [0.2, 0.25) is 0 Å². The smallest absolute Gasteiger partial charge is 0.220 e. The quantitative estimate of drug-likeness (QED) is 0.780. The van der Waals surface area contributed by atoms with Crippen LogP contribution in [0.3, 0.4) is 0 Å². The van der Waals surface area contributed by atoms with Gasteiger partial charge in [0, 0.05) is 13.0 Å². The Morgan fingerprint density at radius 2 is 2.53 bits per heavy atom. The molecule has 1 aliphatic carbocycles. The molecular formula is C12H18N4O. The van der Waals surface area contributed by atoms with Gasteiger partial charge in [0.2, 0.25) is 5.91 Å². The van der Waals surface area contributed by atoms with E-state index in [0.29, 0.717) is 18.9 Å². The van der Waals surface area contributed by atoms with Crippen molar-refractivity contribution in [1.29, 1.82) is 0 Å². The summed E-state index contributed by atoms with van der Waals surface area (Å²) in [5, 5.41) is 10.7. The molecule has 0 radical (unpaired) electrons. The van der Waals surface area contributed by atoms with Gasteiger partial charge in [-0.3, -0.25) is 4.79 Å². The highest BCUT2D eigenvalue weighted by molar-refractivity contribution is 5.76. The van der Waals surface area contributed by atoms with Crippen LogP contribution in [0.4, 0.5) is 0 Å². The maximum absolute atomic E-state index is 11.7. The van der Waals surface area contributed by atoms with Crippen LogP contribution in [0.25, 0.3) is 0 Å². The molecule has 2 rings (SSSR count). The lowest BCUT2D eigenvalue weighted by molar-refractivity contribution is -0.121. The molecule has 1 atom stereocenters. The predicted molar refractivity (Wildman–Crippen MR) is 64.0 cm³/mol. The van der Waals surface area contributed by atoms with Gasteiger partial charge >= 0.3 is 0 Å². The molecule has 5 heteroatoms. The van der Waals surface area contributed by atoms with Gasteiger partial charge in [-0.25, -0.2) is 0 Å². The van der Waals surface area contributed by atoms with Crippen LogP contribution in [-0.2, 0) is 17.9 Å². The first-order valence-corrected chi connectivity index (χ1v) is 6.09. The fourth-order valence-electron chi connectivity index (χ4n) is 2.03. The summed E-state index contributed by atoms with van der Waals surface area (Å²) in [6, 6.07) is 0. The van der Waals surface area contributed by atoms with E-state index >= 15 is 0 Å². The first-order chi connectivity index (χ1) is 8.29. The number of nitrogens with one attached hydrogen (secondary N) is 1. The molecule has 1 amide bonds. The van der Waals surface area contributed by atoms with E-state index in [0.717, 1.165) is 25.2 Å². The summed E-state index contributed by atoms with van der Waals surface area (Å²) in [5.74, 6) is 1.31. The Kier molecular flexibility index (Phi) is 3.90. The highest BCUT2D eigenvalue weighted by Crippen LogP contribution is 2.19. The fraction of sp³-hybridized carbons (Fsp3) is 0.583. The molecule has 1 aromatic rings. The van der Waals surface area contributed by atoms with Crippen LogP contribution in [0, 0.1) is 5.92 Å². The van der Waals surface area contributed by atoms with Gasteiger partial charge in [-0.05, 0) is 25.7 Å². The molecule has 1 unspecified atom stereocenters. The SMILES string of the molecule is CCn1cnnc1CNC(=O)CC1C=CCC1. The van der Waals surface area contributed by atoms with Crippen LogP contribution in [0.5, 0.6) is 0 Å². The molecule has 1 heterocycles. The van der Waals surface area contributed by atoms with E-state index in [2.05, 4.69) is 27.7 Å². The minimum absolute atomic E-state index is 0.0900. The van der Waals surface area contributed by atoms with E-state index in [9.17, 15) is 4.79 Å². The van der Waals surface area contributed by atoms with E-state index in [4.69, 9.17) is 0 Å². The zero-order chi connectivity index (χ0) is 12.1. The number of hydrogen-bond acceptors (Lipinski definition) is 3. The summed E-state index contributed by atoms with van der Waals surface area (Å²) < 4.78 is 1.93. The number of nitrogens with zero attached hydrogens (tertiary/aromatic N) is 3. The van der Waals surface area contributed by atoms with E-state index in [1.54, 1.807) is 6.33 Å². The van der Waals surface area contributed by atoms with Gasteiger partial charge in [0.1, 0.15) is 6.33 Å². The average molecular weight is 234 g/mol. The van der Waals surface area contributed by atoms with Gasteiger partial charge in [-0.2, -0.15) is 0 Å². The van der Waals surface area contributed by atoms with Crippen molar-refractivity contribution in [2.45, 2.75) is 39.3 Å². The van der Waals surface area contributed by atoms with Crippen molar-refractivity contribution >= 4 is 5.91 Å². The van der Waals surface area contributed by atoms with Gasteiger partial charge < -0.3 is 9.88 Å². The Morgan fingerprint density at radius 1 is 1.65 bits per heavy atom. The predicted octanol–water partition coefficient (Wildman–Crippen LogP) is 1.27. The van der Waals surface area contributed by atoms with E-state index in [-0.39, 0.29) is 5.91 Å². The molecule has 5 nitrogen and oxygen atoms in total. The lowest BCUT2D eigenvalue weighted by Gasteiger charge is -2.08. The molecule has 0 bridgehead atoms. The van der Waals surface area contributed by atoms with E-state index in [1.807, 2.05) is 11.5 Å². The van der Waals surface area contributed by atoms with Gasteiger partial charge in [0.05, 0.1) is 6.54 Å². The van der Waals surface area contributed by atoms with Crippen LogP contribution in [0.15, 0.2) is 18.5 Å². The Labute approximate surface area is 101 Å². The Hall–Kier alpha value is -1.65. The molecule has 17 heavy (non-hydrogen) atoms. The van der Waals surface area contributed by atoms with Crippen LogP contribution in [0.1, 0.15) is 32.0 Å². The lowest BCUT2D eigenvalue weighted by Crippen LogP contribution is -2.26. The first-order valence-electron chi connectivity index (χ1n) is 6.09. The van der Waals surface area contributed by atoms with Gasteiger partial charge in [0.25, 0.3) is 0 Å². The largest absolute Gasteiger partial charge is 0.349 e. The number of rotatable bonds is 5. The molecule has 0 aromatic carbocycles. The van der Waals surface area contributed by atoms with Crippen LogP contribution in [-0.4, -0.2) is 20.7 Å². The number of amides is 1. The molecule has 0 aliphatic heterocycles. The second-order valence-electron chi connectivity index (χ2n) is 4.28. The zero-order valence-corrected chi connectivity index (χ0v) is 10.1. The average Bonchev–Trinajstić information content (AvgIpc) is 2.96. The highest BCUT2D eigenvalue weighted by atomic mass is 16.1. The van der Waals surface area contributed by atoms with Crippen molar-refractivity contribution < 1.29 is 4.79 Å². The molecule has 92 valence electrons. The number of hydrogen-bond donors (Lipinski definition) is 1. The summed E-state index contributed by atoms with van der Waals surface area (Å²) in [6.45, 7) is 3.31. The van der Waals surface area contributed by atoms with Gasteiger partial charge in [0.15, 0.2) is 5.82 Å². The fourth-order valence-corrected chi connectivity index (χ4v) is 2.03. The van der Waals surface area contributed by atoms with Crippen LogP contribution >= 0.6 is 0 Å². The number of carbonyl (C=O) groups excluding carboxylic acids is 1. The standard InChI is InChI=1S/C12H18N4O/c1-2-16-9-14-15-11(16)8-13-12(17)7-10-5-3-4-6-10/h3,5,9-10H,2,4,6-8H2,1H3,(H,13,17). The Bertz CT molecular complexity index is 410. The monoisotopic (exact) mass is 234 g/mol. The lowest BCUT2D eigenvalue weighted by atomic mass is 10.1. The zero-order valence-electron chi connectivity index (χ0n) is 10.1. The molecule has 1 aromatic heterocycles. The molecule has 1 N–H and O–H groups in total. The summed E-state index contributed by atoms with van der Waals surface area (Å²) in [7, 11) is 0. The van der Waals surface area contributed by atoms with Gasteiger partial charge in [-0.15, -0.1) is 10.2 Å². The van der Waals surface area contributed by atoms with Crippen molar-refractivity contribution in [2.75, 3.05) is 0 Å². The van der Waals surface area contributed by atoms with E-state index in [1.165, 1.54) is 0 Å². The molecule has 0 fully saturated rings. The number of aromatic nitrogens is 3. The van der Waals surface area contributed by atoms with Crippen molar-refractivity contribution in [3.8, 4) is 0 Å². The summed E-state index contributed by atoms with van der Waals surface area (Å²) in [6.07, 6.45) is 8.73. The highest BCUT2D eigenvalue weighted by Gasteiger charge is 2.14. The maximum Gasteiger partial charge on any atom is 0.220 e. The number of allylic oxidation sites excluding steroid dienone is 2. The third kappa shape index (κ3) is 3.15. The van der Waals surface area contributed by atoms with Crippen molar-refractivity contribution in [3.63, 3.8) is 0 Å². The van der Waals surface area contributed by atoms with Crippen molar-refractivity contribution in [3.05, 3.63) is 24.3 Å². The third-order valence-electron chi connectivity index (χ3n) is 3.04. The molecule has 0 saturated heterocycles. The number of aryl methyl sites for hydroxylation is 1. The van der Waals surface area contributed by atoms with Crippen molar-refractivity contribution in [2.24, 2.45) is 5.92 Å². The third-order valence-corrected chi connectivity index (χ3v) is 3.04. The van der Waals surface area contributed by atoms with Gasteiger partial charge in [-0.1, -0.05) is 12.2 Å². The molecule has 0 spiro atoms. The minimum atomic E-state index is 0.0900. The number of carbonyl (C=O) groups is 1. The first kappa shape index (κ1) is 11.8. The topological polar surface area (TPSA) is 59.8 Å². The summed E-state index contributed by atoms with van der Waals surface area (Å²) in [4.78, 5) is 11.7. The molecule has 1 aliphatic rings.